The van der Waals surface area contributed by atoms with Crippen LogP contribution in [0.1, 0.15) is 21.6 Å². The molecule has 2 aliphatic rings. The van der Waals surface area contributed by atoms with Crippen molar-refractivity contribution in [3.63, 3.8) is 0 Å². The predicted octanol–water partition coefficient (Wildman–Crippen LogP) is 2.75. The number of H-pyrrole nitrogens is 1. The Hall–Kier alpha value is -3.56. The number of carbonyl (C=O) groups is 2. The van der Waals surface area contributed by atoms with Gasteiger partial charge in [-0.1, -0.05) is 18.2 Å². The van der Waals surface area contributed by atoms with Gasteiger partial charge in [0, 0.05) is 43.6 Å². The molecule has 2 N–H and O–H groups in total. The van der Waals surface area contributed by atoms with Crippen molar-refractivity contribution in [2.45, 2.75) is 13.5 Å². The van der Waals surface area contributed by atoms with E-state index < -0.39 is 5.97 Å². The third-order valence-corrected chi connectivity index (χ3v) is 6.28. The lowest BCUT2D eigenvalue weighted by Crippen LogP contribution is -2.48. The molecule has 0 aliphatic carbocycles. The molecule has 1 fully saturated rings. The summed E-state index contributed by atoms with van der Waals surface area (Å²) in [4.78, 5) is 32.7. The van der Waals surface area contributed by atoms with Crippen molar-refractivity contribution < 1.29 is 23.8 Å². The summed E-state index contributed by atoms with van der Waals surface area (Å²) in [6.45, 7) is 6.64. The molecule has 178 valence electrons. The number of aromatic amines is 1. The van der Waals surface area contributed by atoms with Gasteiger partial charge in [-0.05, 0) is 36.2 Å². The summed E-state index contributed by atoms with van der Waals surface area (Å²) in [5.41, 5.74) is 3.74. The fourth-order valence-electron chi connectivity index (χ4n) is 4.48. The minimum atomic E-state index is -0.513. The van der Waals surface area contributed by atoms with E-state index in [2.05, 4.69) is 26.2 Å². The van der Waals surface area contributed by atoms with Gasteiger partial charge < -0.3 is 24.5 Å². The average molecular weight is 465 g/mol. The second kappa shape index (κ2) is 9.36. The summed E-state index contributed by atoms with van der Waals surface area (Å²) < 4.78 is 15.8. The normalized spacial score (nSPS) is 16.1. The van der Waals surface area contributed by atoms with Gasteiger partial charge in [0.15, 0.2) is 11.5 Å². The van der Waals surface area contributed by atoms with E-state index in [1.165, 1.54) is 12.7 Å². The molecule has 9 heteroatoms. The number of fused-ring (bicyclic) bond motifs is 2. The van der Waals surface area contributed by atoms with Crippen LogP contribution in [0.2, 0.25) is 0 Å². The molecule has 9 nitrogen and oxygen atoms in total. The van der Waals surface area contributed by atoms with Crippen LogP contribution in [0, 0.1) is 6.92 Å². The van der Waals surface area contributed by atoms with Crippen LogP contribution in [-0.2, 0) is 16.1 Å². The molecule has 1 amide bonds. The Morgan fingerprint density at radius 1 is 1.03 bits per heavy atom. The molecule has 2 aromatic carbocycles. The second-order valence-corrected chi connectivity index (χ2v) is 8.70. The number of methoxy groups -OCH3 is 1. The van der Waals surface area contributed by atoms with Crippen molar-refractivity contribution in [1.29, 1.82) is 0 Å². The molecule has 0 saturated carbocycles. The van der Waals surface area contributed by atoms with Crippen LogP contribution in [0.3, 0.4) is 0 Å². The molecule has 0 spiro atoms. The lowest BCUT2D eigenvalue weighted by atomic mass is 10.1. The summed E-state index contributed by atoms with van der Waals surface area (Å²) in [5.74, 6) is 0.920. The minimum absolute atomic E-state index is 0.157. The molecule has 0 atom stereocenters. The zero-order chi connectivity index (χ0) is 23.7. The molecule has 5 rings (SSSR count). The quantitative estimate of drug-likeness (QED) is 0.542. The van der Waals surface area contributed by atoms with E-state index in [-0.39, 0.29) is 24.9 Å². The number of aryl methyl sites for hydroxylation is 1. The van der Waals surface area contributed by atoms with Crippen LogP contribution >= 0.6 is 0 Å². The smallest absolute Gasteiger partial charge is 0.356 e. The SMILES string of the molecule is COC(=O)c1[nH]c2cc(C)ccc2c1NC(=O)CN1CCN(Cc2ccc3c(c2)OCO3)CC1. The van der Waals surface area contributed by atoms with Crippen LogP contribution in [0.5, 0.6) is 11.5 Å². The average Bonchev–Trinajstić information content (AvgIpc) is 3.44. The first-order valence-electron chi connectivity index (χ1n) is 11.3. The van der Waals surface area contributed by atoms with Gasteiger partial charge in [-0.25, -0.2) is 4.79 Å². The number of rotatable bonds is 6. The van der Waals surface area contributed by atoms with Crippen LogP contribution in [-0.4, -0.2) is 73.3 Å². The number of hydrogen-bond donors (Lipinski definition) is 2. The minimum Gasteiger partial charge on any atom is -0.464 e. The number of hydrogen-bond acceptors (Lipinski definition) is 7. The lowest BCUT2D eigenvalue weighted by molar-refractivity contribution is -0.117. The maximum absolute atomic E-state index is 12.9. The van der Waals surface area contributed by atoms with Gasteiger partial charge in [-0.2, -0.15) is 0 Å². The van der Waals surface area contributed by atoms with Gasteiger partial charge in [-0.3, -0.25) is 14.6 Å². The van der Waals surface area contributed by atoms with E-state index in [9.17, 15) is 9.59 Å². The molecule has 0 bridgehead atoms. The topological polar surface area (TPSA) is 96.1 Å². The highest BCUT2D eigenvalue weighted by Gasteiger charge is 2.23. The Labute approximate surface area is 197 Å². The van der Waals surface area contributed by atoms with E-state index >= 15 is 0 Å². The standard InChI is InChI=1S/C25H28N4O5/c1-16-3-5-18-19(11-16)26-24(25(31)32-2)23(18)27-22(30)14-29-9-7-28(8-10-29)13-17-4-6-20-21(12-17)34-15-33-20/h3-6,11-12,26H,7-10,13-15H2,1-2H3,(H,27,30). The van der Waals surface area contributed by atoms with Crippen molar-refractivity contribution in [2.24, 2.45) is 0 Å². The number of carbonyl (C=O) groups excluding carboxylic acids is 2. The number of nitrogens with zero attached hydrogens (tertiary/aromatic N) is 2. The Bertz CT molecular complexity index is 1230. The fourth-order valence-corrected chi connectivity index (χ4v) is 4.48. The van der Waals surface area contributed by atoms with Crippen molar-refractivity contribution in [3.8, 4) is 11.5 Å². The first-order chi connectivity index (χ1) is 16.5. The van der Waals surface area contributed by atoms with Crippen molar-refractivity contribution in [3.05, 3.63) is 53.2 Å². The highest BCUT2D eigenvalue weighted by molar-refractivity contribution is 6.11. The van der Waals surface area contributed by atoms with E-state index in [1.807, 2.05) is 37.3 Å². The number of aromatic nitrogens is 1. The molecule has 0 unspecified atom stereocenters. The number of ether oxygens (including phenoxy) is 3. The zero-order valence-corrected chi connectivity index (χ0v) is 19.3. The van der Waals surface area contributed by atoms with Crippen LogP contribution in [0.25, 0.3) is 10.9 Å². The number of esters is 1. The van der Waals surface area contributed by atoms with Crippen molar-refractivity contribution >= 4 is 28.5 Å². The first-order valence-corrected chi connectivity index (χ1v) is 11.3. The zero-order valence-electron chi connectivity index (χ0n) is 19.3. The number of anilines is 1. The number of nitrogens with one attached hydrogen (secondary N) is 2. The Balaban J connectivity index is 1.18. The Morgan fingerprint density at radius 2 is 1.79 bits per heavy atom. The first kappa shape index (κ1) is 22.2. The summed E-state index contributed by atoms with van der Waals surface area (Å²) in [7, 11) is 1.33. The highest BCUT2D eigenvalue weighted by atomic mass is 16.7. The van der Waals surface area contributed by atoms with Crippen LogP contribution in [0.4, 0.5) is 5.69 Å². The van der Waals surface area contributed by atoms with Gasteiger partial charge in [0.05, 0.1) is 19.3 Å². The van der Waals surface area contributed by atoms with Crippen molar-refractivity contribution in [2.75, 3.05) is 51.9 Å². The number of piperazine rings is 1. The lowest BCUT2D eigenvalue weighted by Gasteiger charge is -2.34. The van der Waals surface area contributed by atoms with Gasteiger partial charge in [0.25, 0.3) is 0 Å². The molecule has 2 aliphatic heterocycles. The summed E-state index contributed by atoms with van der Waals surface area (Å²) in [6.07, 6.45) is 0. The second-order valence-electron chi connectivity index (χ2n) is 8.70. The van der Waals surface area contributed by atoms with Crippen LogP contribution in [0.15, 0.2) is 36.4 Å². The van der Waals surface area contributed by atoms with Crippen molar-refractivity contribution in [1.82, 2.24) is 14.8 Å². The maximum Gasteiger partial charge on any atom is 0.356 e. The molecule has 34 heavy (non-hydrogen) atoms. The van der Waals surface area contributed by atoms with Gasteiger partial charge in [0.1, 0.15) is 5.69 Å². The van der Waals surface area contributed by atoms with Gasteiger partial charge >= 0.3 is 5.97 Å². The molecule has 1 saturated heterocycles. The van der Waals surface area contributed by atoms with E-state index in [1.54, 1.807) is 0 Å². The summed E-state index contributed by atoms with van der Waals surface area (Å²) >= 11 is 0. The third-order valence-electron chi connectivity index (χ3n) is 6.28. The van der Waals surface area contributed by atoms with Gasteiger partial charge in [0.2, 0.25) is 12.7 Å². The molecular weight excluding hydrogens is 436 g/mol. The van der Waals surface area contributed by atoms with Gasteiger partial charge in [-0.15, -0.1) is 0 Å². The van der Waals surface area contributed by atoms with Crippen LogP contribution < -0.4 is 14.8 Å². The number of benzene rings is 2. The maximum atomic E-state index is 12.9. The van der Waals surface area contributed by atoms with E-state index in [4.69, 9.17) is 14.2 Å². The molecule has 3 heterocycles. The molecule has 3 aromatic rings. The molecule has 0 radical (unpaired) electrons. The fraction of sp³-hybridized carbons (Fsp3) is 0.360. The third kappa shape index (κ3) is 4.57. The van der Waals surface area contributed by atoms with E-state index in [0.717, 1.165) is 60.7 Å². The molecule has 1 aromatic heterocycles. The predicted molar refractivity (Wildman–Crippen MR) is 127 cm³/mol. The van der Waals surface area contributed by atoms with E-state index in [0.29, 0.717) is 5.69 Å². The monoisotopic (exact) mass is 464 g/mol. The summed E-state index contributed by atoms with van der Waals surface area (Å²) in [5, 5.41) is 3.72. The molecular formula is C25H28N4O5. The number of amides is 1. The largest absolute Gasteiger partial charge is 0.464 e. The summed E-state index contributed by atoms with van der Waals surface area (Å²) in [6, 6.07) is 11.8. The Kier molecular flexibility index (Phi) is 6.12. The highest BCUT2D eigenvalue weighted by Crippen LogP contribution is 2.33. The Morgan fingerprint density at radius 3 is 2.59 bits per heavy atom.